The van der Waals surface area contributed by atoms with E-state index < -0.39 is 0 Å². The van der Waals surface area contributed by atoms with Crippen molar-refractivity contribution in [2.75, 3.05) is 46.9 Å². The van der Waals surface area contributed by atoms with Crippen LogP contribution in [0.4, 0.5) is 0 Å². The first-order valence-electron chi connectivity index (χ1n) is 8.40. The minimum absolute atomic E-state index is 0.169. The second-order valence-corrected chi connectivity index (χ2v) is 6.26. The van der Waals surface area contributed by atoms with Crippen molar-refractivity contribution >= 4 is 16.7 Å². The van der Waals surface area contributed by atoms with Gasteiger partial charge in [0, 0.05) is 38.3 Å². The Balaban J connectivity index is 1.64. The van der Waals surface area contributed by atoms with Crippen LogP contribution in [-0.2, 0) is 11.3 Å². The lowest BCUT2D eigenvalue weighted by molar-refractivity contribution is -0.131. The summed E-state index contributed by atoms with van der Waals surface area (Å²) in [6, 6.07) is 12.3. The largest absolute Gasteiger partial charge is 0.496 e. The molecule has 2 aromatic rings. The van der Waals surface area contributed by atoms with Gasteiger partial charge in [-0.1, -0.05) is 30.3 Å². The molecule has 5 nitrogen and oxygen atoms in total. The Morgan fingerprint density at radius 3 is 2.62 bits per heavy atom. The molecular formula is C19H25N3O2. The highest BCUT2D eigenvalue weighted by molar-refractivity contribution is 5.87. The summed E-state index contributed by atoms with van der Waals surface area (Å²) in [5.41, 5.74) is 1.10. The average Bonchev–Trinajstić information content (AvgIpc) is 2.62. The molecule has 0 atom stereocenters. The molecule has 1 N–H and O–H groups in total. The van der Waals surface area contributed by atoms with Gasteiger partial charge in [-0.3, -0.25) is 4.79 Å². The molecule has 0 unspecified atom stereocenters. The Morgan fingerprint density at radius 1 is 1.12 bits per heavy atom. The first kappa shape index (κ1) is 16.7. The van der Waals surface area contributed by atoms with Gasteiger partial charge in [-0.25, -0.2) is 0 Å². The van der Waals surface area contributed by atoms with E-state index in [1.54, 1.807) is 7.11 Å². The Bertz CT molecular complexity index is 709. The number of ether oxygens (including phenoxy) is 1. The van der Waals surface area contributed by atoms with Crippen LogP contribution in [0.25, 0.3) is 10.8 Å². The van der Waals surface area contributed by atoms with Crippen molar-refractivity contribution in [2.45, 2.75) is 6.54 Å². The zero-order valence-corrected chi connectivity index (χ0v) is 14.4. The Labute approximate surface area is 143 Å². The number of methoxy groups -OCH3 is 1. The van der Waals surface area contributed by atoms with Crippen LogP contribution in [0.2, 0.25) is 0 Å². The van der Waals surface area contributed by atoms with Gasteiger partial charge in [-0.15, -0.1) is 0 Å². The fraction of sp³-hybridized carbons (Fsp3) is 0.421. The number of nitrogens with zero attached hydrogens (tertiary/aromatic N) is 2. The van der Waals surface area contributed by atoms with Gasteiger partial charge in [-0.2, -0.15) is 0 Å². The van der Waals surface area contributed by atoms with E-state index in [2.05, 4.69) is 35.5 Å². The summed E-state index contributed by atoms with van der Waals surface area (Å²) in [5, 5.41) is 5.64. The smallest absolute Gasteiger partial charge is 0.236 e. The van der Waals surface area contributed by atoms with Crippen LogP contribution in [0.1, 0.15) is 5.56 Å². The number of hydrogen-bond acceptors (Lipinski definition) is 4. The van der Waals surface area contributed by atoms with E-state index >= 15 is 0 Å². The van der Waals surface area contributed by atoms with Gasteiger partial charge < -0.3 is 19.9 Å². The molecule has 0 saturated carbocycles. The Kier molecular flexibility index (Phi) is 5.33. The monoisotopic (exact) mass is 327 g/mol. The maximum atomic E-state index is 12.3. The first-order chi connectivity index (χ1) is 11.7. The zero-order chi connectivity index (χ0) is 16.9. The molecule has 24 heavy (non-hydrogen) atoms. The molecule has 1 aliphatic rings. The third-order valence-electron chi connectivity index (χ3n) is 4.65. The second kappa shape index (κ2) is 7.64. The number of benzene rings is 2. The molecule has 0 radical (unpaired) electrons. The van der Waals surface area contributed by atoms with Crippen LogP contribution in [0.3, 0.4) is 0 Å². The van der Waals surface area contributed by atoms with Crippen LogP contribution in [0.5, 0.6) is 5.75 Å². The van der Waals surface area contributed by atoms with E-state index in [9.17, 15) is 4.79 Å². The number of rotatable bonds is 5. The van der Waals surface area contributed by atoms with Gasteiger partial charge in [0.15, 0.2) is 0 Å². The maximum absolute atomic E-state index is 12.3. The van der Waals surface area contributed by atoms with Gasteiger partial charge in [0.2, 0.25) is 5.91 Å². The van der Waals surface area contributed by atoms with Crippen molar-refractivity contribution in [1.29, 1.82) is 0 Å². The number of hydrogen-bond donors (Lipinski definition) is 1. The van der Waals surface area contributed by atoms with Crippen molar-refractivity contribution in [3.8, 4) is 5.75 Å². The molecule has 0 spiro atoms. The Hall–Kier alpha value is -2.11. The maximum Gasteiger partial charge on any atom is 0.236 e. The van der Waals surface area contributed by atoms with Gasteiger partial charge in [0.25, 0.3) is 0 Å². The molecule has 1 fully saturated rings. The molecule has 5 heteroatoms. The number of nitrogens with one attached hydrogen (secondary N) is 1. The second-order valence-electron chi connectivity index (χ2n) is 6.26. The van der Waals surface area contributed by atoms with E-state index in [1.807, 2.05) is 23.1 Å². The van der Waals surface area contributed by atoms with Gasteiger partial charge in [0.1, 0.15) is 5.75 Å². The summed E-state index contributed by atoms with van der Waals surface area (Å²) < 4.78 is 5.50. The number of fused-ring (bicyclic) bond motifs is 1. The minimum Gasteiger partial charge on any atom is -0.496 e. The predicted octanol–water partition coefficient (Wildman–Crippen LogP) is 1.71. The molecule has 3 rings (SSSR count). The lowest BCUT2D eigenvalue weighted by Gasteiger charge is -2.32. The topological polar surface area (TPSA) is 44.8 Å². The Morgan fingerprint density at radius 2 is 1.88 bits per heavy atom. The number of carbonyl (C=O) groups is 1. The van der Waals surface area contributed by atoms with Crippen molar-refractivity contribution < 1.29 is 9.53 Å². The van der Waals surface area contributed by atoms with E-state index in [0.29, 0.717) is 13.1 Å². The van der Waals surface area contributed by atoms with Crippen LogP contribution in [0, 0.1) is 0 Å². The molecule has 2 aromatic carbocycles. The molecule has 1 amide bonds. The van der Waals surface area contributed by atoms with Gasteiger partial charge in [0.05, 0.1) is 13.7 Å². The standard InChI is InChI=1S/C19H25N3O2/c1-21-9-11-22(12-10-21)19(23)14-20-13-17-16-6-4-3-5-15(16)7-8-18(17)24-2/h3-8,20H,9-14H2,1-2H3. The molecule has 0 aliphatic carbocycles. The quantitative estimate of drug-likeness (QED) is 0.908. The predicted molar refractivity (Wildman–Crippen MR) is 96.3 cm³/mol. The minimum atomic E-state index is 0.169. The number of piperazine rings is 1. The van der Waals surface area contributed by atoms with E-state index in [-0.39, 0.29) is 5.91 Å². The molecule has 0 bridgehead atoms. The highest BCUT2D eigenvalue weighted by Gasteiger charge is 2.18. The lowest BCUT2D eigenvalue weighted by Crippen LogP contribution is -2.49. The fourth-order valence-corrected chi connectivity index (χ4v) is 3.15. The highest BCUT2D eigenvalue weighted by atomic mass is 16.5. The first-order valence-corrected chi connectivity index (χ1v) is 8.40. The van der Waals surface area contributed by atoms with Crippen molar-refractivity contribution in [3.05, 3.63) is 42.0 Å². The number of amides is 1. The number of carbonyl (C=O) groups excluding carboxylic acids is 1. The molecule has 1 heterocycles. The van der Waals surface area contributed by atoms with Crippen molar-refractivity contribution in [1.82, 2.24) is 15.1 Å². The molecule has 1 saturated heterocycles. The number of likely N-dealkylation sites (N-methyl/N-ethyl adjacent to an activating group) is 1. The van der Waals surface area contributed by atoms with Crippen LogP contribution in [0.15, 0.2) is 36.4 Å². The fourth-order valence-electron chi connectivity index (χ4n) is 3.15. The summed E-state index contributed by atoms with van der Waals surface area (Å²) in [5.74, 6) is 1.02. The van der Waals surface area contributed by atoms with E-state index in [1.165, 1.54) is 5.39 Å². The van der Waals surface area contributed by atoms with Gasteiger partial charge >= 0.3 is 0 Å². The summed E-state index contributed by atoms with van der Waals surface area (Å²) in [4.78, 5) is 16.5. The average molecular weight is 327 g/mol. The van der Waals surface area contributed by atoms with Crippen LogP contribution < -0.4 is 10.1 Å². The summed E-state index contributed by atoms with van der Waals surface area (Å²) in [7, 11) is 3.77. The van der Waals surface area contributed by atoms with Crippen molar-refractivity contribution in [2.24, 2.45) is 0 Å². The lowest BCUT2D eigenvalue weighted by atomic mass is 10.0. The van der Waals surface area contributed by atoms with Gasteiger partial charge in [-0.05, 0) is 23.9 Å². The van der Waals surface area contributed by atoms with Crippen LogP contribution in [-0.4, -0.2) is 62.6 Å². The summed E-state index contributed by atoms with van der Waals surface area (Å²) in [6.45, 7) is 4.50. The van der Waals surface area contributed by atoms with E-state index in [0.717, 1.165) is 42.9 Å². The molecule has 0 aromatic heterocycles. The van der Waals surface area contributed by atoms with Crippen LogP contribution >= 0.6 is 0 Å². The summed E-state index contributed by atoms with van der Waals surface area (Å²) >= 11 is 0. The third kappa shape index (κ3) is 3.68. The summed E-state index contributed by atoms with van der Waals surface area (Å²) in [6.07, 6.45) is 0. The normalized spacial score (nSPS) is 15.7. The SMILES string of the molecule is COc1ccc2ccccc2c1CNCC(=O)N1CCN(C)CC1. The zero-order valence-electron chi connectivity index (χ0n) is 14.4. The van der Waals surface area contributed by atoms with Crippen molar-refractivity contribution in [3.63, 3.8) is 0 Å². The molecule has 1 aliphatic heterocycles. The molecule has 128 valence electrons. The van der Waals surface area contributed by atoms with E-state index in [4.69, 9.17) is 4.74 Å². The third-order valence-corrected chi connectivity index (χ3v) is 4.65. The molecular weight excluding hydrogens is 302 g/mol. The highest BCUT2D eigenvalue weighted by Crippen LogP contribution is 2.27.